The molecule has 0 spiro atoms. The number of pyridine rings is 2. The normalized spacial score (nSPS) is 11.8. The quantitative estimate of drug-likeness (QED) is 0.345. The molecule has 0 bridgehead atoms. The van der Waals surface area contributed by atoms with E-state index in [1.54, 1.807) is 6.07 Å². The van der Waals surface area contributed by atoms with Gasteiger partial charge in [0.15, 0.2) is 10.9 Å². The van der Waals surface area contributed by atoms with Crippen LogP contribution in [0.3, 0.4) is 0 Å². The van der Waals surface area contributed by atoms with Crippen LogP contribution in [0.1, 0.15) is 11.1 Å². The highest BCUT2D eigenvalue weighted by Gasteiger charge is 2.15. The monoisotopic (exact) mass is 418 g/mol. The van der Waals surface area contributed by atoms with E-state index in [2.05, 4.69) is 25.9 Å². The minimum atomic E-state index is -0.0252. The average molecular weight is 419 g/mol. The number of fused-ring (bicyclic) bond motifs is 4. The van der Waals surface area contributed by atoms with Crippen LogP contribution in [0, 0.1) is 13.8 Å². The lowest BCUT2D eigenvalue weighted by Crippen LogP contribution is -2.11. The Morgan fingerprint density at radius 1 is 0.778 bits per heavy atom. The molecule has 2 heterocycles. The van der Waals surface area contributed by atoms with E-state index >= 15 is 0 Å². The largest absolute Gasteiger partial charge is 0.354 e. The van der Waals surface area contributed by atoms with Gasteiger partial charge < -0.3 is 9.97 Å². The van der Waals surface area contributed by atoms with Crippen molar-refractivity contribution in [3.8, 4) is 0 Å². The van der Waals surface area contributed by atoms with E-state index in [0.717, 1.165) is 26.6 Å². The number of aromatic amines is 2. The zero-order valence-corrected chi connectivity index (χ0v) is 16.3. The molecule has 0 radical (unpaired) electrons. The summed E-state index contributed by atoms with van der Waals surface area (Å²) in [7, 11) is 0. The first-order chi connectivity index (χ1) is 13.0. The van der Waals surface area contributed by atoms with Crippen molar-refractivity contribution in [2.24, 2.45) is 0 Å². The smallest absolute Gasteiger partial charge is 0.197 e. The molecule has 0 atom stereocenters. The second-order valence-corrected chi connectivity index (χ2v) is 7.86. The summed E-state index contributed by atoms with van der Waals surface area (Å²) in [6, 6.07) is 13.1. The number of aromatic nitrogens is 2. The molecule has 5 rings (SSSR count). The van der Waals surface area contributed by atoms with E-state index in [0.29, 0.717) is 32.6 Å². The van der Waals surface area contributed by atoms with Crippen molar-refractivity contribution in [2.45, 2.75) is 13.8 Å². The number of hydrogen-bond acceptors (Lipinski definition) is 2. The van der Waals surface area contributed by atoms with Crippen LogP contribution >= 0.6 is 15.9 Å². The van der Waals surface area contributed by atoms with Crippen molar-refractivity contribution in [3.63, 3.8) is 0 Å². The summed E-state index contributed by atoms with van der Waals surface area (Å²) in [5.41, 5.74) is 4.57. The number of hydrogen-bond donors (Lipinski definition) is 2. The number of halogens is 1. The number of nitrogens with one attached hydrogen (secondary N) is 2. The molecule has 2 aromatic heterocycles. The summed E-state index contributed by atoms with van der Waals surface area (Å²) < 4.78 is 0.907. The van der Waals surface area contributed by atoms with Gasteiger partial charge in [-0.1, -0.05) is 28.1 Å². The SMILES string of the molecule is Cc1c2[nH]c3cc(Br)cc(C)c3c(=O)c2cc2[nH]c3ccccc3c(=O)c12. The minimum absolute atomic E-state index is 0.0230. The molecule has 0 saturated heterocycles. The second-order valence-electron chi connectivity index (χ2n) is 6.95. The van der Waals surface area contributed by atoms with E-state index in [4.69, 9.17) is 0 Å². The van der Waals surface area contributed by atoms with Crippen LogP contribution in [0.2, 0.25) is 0 Å². The van der Waals surface area contributed by atoms with E-state index in [1.165, 1.54) is 0 Å². The lowest BCUT2D eigenvalue weighted by Gasteiger charge is -2.11. The molecule has 5 heteroatoms. The fourth-order valence-corrected chi connectivity index (χ4v) is 4.60. The van der Waals surface area contributed by atoms with Crippen LogP contribution in [0.5, 0.6) is 0 Å². The number of H-pyrrole nitrogens is 2. The molecule has 5 aromatic rings. The zero-order valence-electron chi connectivity index (χ0n) is 14.7. The van der Waals surface area contributed by atoms with Crippen molar-refractivity contribution in [1.29, 1.82) is 0 Å². The maximum Gasteiger partial charge on any atom is 0.197 e. The fourth-order valence-electron chi connectivity index (χ4n) is 4.03. The third-order valence-corrected chi connectivity index (χ3v) is 5.73. The summed E-state index contributed by atoms with van der Waals surface area (Å²) in [5.74, 6) is 0. The molecule has 0 aliphatic heterocycles. The molecule has 2 N–H and O–H groups in total. The van der Waals surface area contributed by atoms with Crippen molar-refractivity contribution >= 4 is 59.5 Å². The standard InChI is InChI=1S/C22H15BrN2O2/c1-10-7-12(23)8-16-18(10)22(27)14-9-17-19(11(2)20(14)25-16)21(26)13-5-3-4-6-15(13)24-17/h3-9H,1-2H3,(H,24,26)(H,25,27). The average Bonchev–Trinajstić information content (AvgIpc) is 2.62. The highest BCUT2D eigenvalue weighted by atomic mass is 79.9. The van der Waals surface area contributed by atoms with Gasteiger partial charge in [0, 0.05) is 26.1 Å². The molecule has 0 fully saturated rings. The van der Waals surface area contributed by atoms with Crippen LogP contribution < -0.4 is 10.9 Å². The van der Waals surface area contributed by atoms with E-state index in [9.17, 15) is 9.59 Å². The van der Waals surface area contributed by atoms with E-state index in [-0.39, 0.29) is 10.9 Å². The predicted octanol–water partition coefficient (Wildman–Crippen LogP) is 5.06. The van der Waals surface area contributed by atoms with Crippen LogP contribution in [0.25, 0.3) is 43.6 Å². The second kappa shape index (κ2) is 5.54. The summed E-state index contributed by atoms with van der Waals surface area (Å²) in [4.78, 5) is 33.0. The van der Waals surface area contributed by atoms with Gasteiger partial charge >= 0.3 is 0 Å². The van der Waals surface area contributed by atoms with Gasteiger partial charge in [-0.15, -0.1) is 0 Å². The Labute approximate surface area is 162 Å². The fraction of sp³-hybridized carbons (Fsp3) is 0.0909. The van der Waals surface area contributed by atoms with Crippen LogP contribution in [0.15, 0.2) is 56.5 Å². The molecule has 27 heavy (non-hydrogen) atoms. The molecule has 0 aliphatic carbocycles. The highest BCUT2D eigenvalue weighted by molar-refractivity contribution is 9.10. The molecular formula is C22H15BrN2O2. The lowest BCUT2D eigenvalue weighted by atomic mass is 9.99. The Kier molecular flexibility index (Phi) is 3.34. The highest BCUT2D eigenvalue weighted by Crippen LogP contribution is 2.27. The van der Waals surface area contributed by atoms with Gasteiger partial charge in [-0.3, -0.25) is 9.59 Å². The van der Waals surface area contributed by atoms with E-state index in [1.807, 2.05) is 50.2 Å². The topological polar surface area (TPSA) is 65.7 Å². The van der Waals surface area contributed by atoms with Gasteiger partial charge in [-0.2, -0.15) is 0 Å². The molecular weight excluding hydrogens is 404 g/mol. The van der Waals surface area contributed by atoms with Gasteiger partial charge in [-0.25, -0.2) is 0 Å². The van der Waals surface area contributed by atoms with Gasteiger partial charge in [0.05, 0.1) is 21.9 Å². The van der Waals surface area contributed by atoms with Crippen LogP contribution in [-0.4, -0.2) is 9.97 Å². The summed E-state index contributed by atoms with van der Waals surface area (Å²) in [6.45, 7) is 3.82. The van der Waals surface area contributed by atoms with Crippen LogP contribution in [0.4, 0.5) is 0 Å². The van der Waals surface area contributed by atoms with Crippen molar-refractivity contribution in [1.82, 2.24) is 9.97 Å². The minimum Gasteiger partial charge on any atom is -0.354 e. The number of aryl methyl sites for hydroxylation is 2. The molecule has 0 aliphatic rings. The van der Waals surface area contributed by atoms with Gasteiger partial charge in [0.1, 0.15) is 0 Å². The summed E-state index contributed by atoms with van der Waals surface area (Å²) >= 11 is 3.49. The van der Waals surface area contributed by atoms with Crippen LogP contribution in [-0.2, 0) is 0 Å². The first-order valence-electron chi connectivity index (χ1n) is 8.66. The summed E-state index contributed by atoms with van der Waals surface area (Å²) in [6.07, 6.45) is 0. The van der Waals surface area contributed by atoms with Crippen molar-refractivity contribution in [3.05, 3.63) is 78.5 Å². The molecule has 0 amide bonds. The van der Waals surface area contributed by atoms with E-state index < -0.39 is 0 Å². The molecule has 3 aromatic carbocycles. The Morgan fingerprint density at radius 3 is 2.30 bits per heavy atom. The maximum absolute atomic E-state index is 13.2. The van der Waals surface area contributed by atoms with Gasteiger partial charge in [0.2, 0.25) is 0 Å². The Hall–Kier alpha value is -2.92. The third-order valence-electron chi connectivity index (χ3n) is 5.28. The lowest BCUT2D eigenvalue weighted by molar-refractivity contribution is 1.39. The number of rotatable bonds is 0. The maximum atomic E-state index is 13.2. The number of benzene rings is 3. The predicted molar refractivity (Wildman–Crippen MR) is 115 cm³/mol. The van der Waals surface area contributed by atoms with Crippen molar-refractivity contribution < 1.29 is 0 Å². The molecule has 0 unspecified atom stereocenters. The third kappa shape index (κ3) is 2.21. The first kappa shape index (κ1) is 16.3. The Bertz CT molecular complexity index is 1540. The Balaban J connectivity index is 2.08. The number of para-hydroxylation sites is 1. The Morgan fingerprint density at radius 2 is 1.48 bits per heavy atom. The van der Waals surface area contributed by atoms with Gasteiger partial charge in [0.25, 0.3) is 0 Å². The molecule has 4 nitrogen and oxygen atoms in total. The first-order valence-corrected chi connectivity index (χ1v) is 9.45. The summed E-state index contributed by atoms with van der Waals surface area (Å²) in [5, 5.41) is 2.52. The zero-order chi connectivity index (χ0) is 18.9. The molecule has 0 saturated carbocycles. The van der Waals surface area contributed by atoms with Crippen molar-refractivity contribution in [2.75, 3.05) is 0 Å². The van der Waals surface area contributed by atoms with Gasteiger partial charge in [-0.05, 0) is 55.3 Å². The molecule has 132 valence electrons.